The van der Waals surface area contributed by atoms with Gasteiger partial charge in [0.1, 0.15) is 6.07 Å². The number of furan rings is 1. The van der Waals surface area contributed by atoms with Gasteiger partial charge in [0.05, 0.1) is 22.3 Å². The quantitative estimate of drug-likeness (QED) is 0.198. The van der Waals surface area contributed by atoms with Crippen LogP contribution in [0.5, 0.6) is 0 Å². The maximum Gasteiger partial charge on any atom is 0.159 e. The summed E-state index contributed by atoms with van der Waals surface area (Å²) in [7, 11) is 0. The molecule has 10 aromatic rings. The number of rotatable bonds is 3. The molecule has 0 atom stereocenters. The van der Waals surface area contributed by atoms with Crippen LogP contribution in [0, 0.1) is 11.3 Å². The Morgan fingerprint density at radius 1 is 0.511 bits per heavy atom. The Hall–Kier alpha value is -6.15. The average molecular weight is 617 g/mol. The normalized spacial score (nSPS) is 11.8. The zero-order valence-electron chi connectivity index (χ0n) is 25.1. The van der Waals surface area contributed by atoms with Crippen LogP contribution in [0.25, 0.3) is 91.9 Å². The maximum absolute atomic E-state index is 10.2. The first kappa shape index (κ1) is 26.1. The van der Waals surface area contributed by atoms with Gasteiger partial charge in [-0.15, -0.1) is 11.3 Å². The van der Waals surface area contributed by atoms with Crippen LogP contribution in [-0.4, -0.2) is 4.57 Å². The van der Waals surface area contributed by atoms with E-state index in [4.69, 9.17) is 4.42 Å². The highest BCUT2D eigenvalue weighted by Gasteiger charge is 2.22. The van der Waals surface area contributed by atoms with Crippen molar-refractivity contribution in [1.29, 1.82) is 5.26 Å². The average Bonchev–Trinajstić information content (AvgIpc) is 3.81. The van der Waals surface area contributed by atoms with Gasteiger partial charge in [0.2, 0.25) is 0 Å². The van der Waals surface area contributed by atoms with Crippen LogP contribution in [0.1, 0.15) is 5.56 Å². The molecule has 3 aromatic heterocycles. The number of aromatic nitrogens is 1. The molecule has 0 amide bonds. The van der Waals surface area contributed by atoms with Crippen molar-refractivity contribution in [3.05, 3.63) is 151 Å². The topological polar surface area (TPSA) is 41.9 Å². The van der Waals surface area contributed by atoms with Gasteiger partial charge in [-0.05, 0) is 58.7 Å². The Balaban J connectivity index is 1.27. The molecule has 0 saturated carbocycles. The molecule has 0 aliphatic carbocycles. The summed E-state index contributed by atoms with van der Waals surface area (Å²) in [4.78, 5) is 0. The largest absolute Gasteiger partial charge is 0.452 e. The lowest BCUT2D eigenvalue weighted by Gasteiger charge is -2.10. The first-order valence-corrected chi connectivity index (χ1v) is 16.5. The molecular weight excluding hydrogens is 593 g/mol. The van der Waals surface area contributed by atoms with Crippen molar-refractivity contribution in [3.63, 3.8) is 0 Å². The van der Waals surface area contributed by atoms with Crippen LogP contribution in [0.2, 0.25) is 0 Å². The molecule has 4 heteroatoms. The van der Waals surface area contributed by atoms with Crippen molar-refractivity contribution in [2.75, 3.05) is 0 Å². The van der Waals surface area contributed by atoms with E-state index in [1.807, 2.05) is 23.5 Å². The summed E-state index contributed by atoms with van der Waals surface area (Å²) >= 11 is 1.81. The fourth-order valence-electron chi connectivity index (χ4n) is 7.33. The van der Waals surface area contributed by atoms with E-state index in [2.05, 4.69) is 144 Å². The van der Waals surface area contributed by atoms with Crippen molar-refractivity contribution in [2.45, 2.75) is 0 Å². The lowest BCUT2D eigenvalue weighted by molar-refractivity contribution is 0.665. The minimum atomic E-state index is 0.530. The third kappa shape index (κ3) is 3.78. The summed E-state index contributed by atoms with van der Waals surface area (Å²) in [6.45, 7) is 0. The molecule has 0 N–H and O–H groups in total. The number of para-hydroxylation sites is 2. The summed E-state index contributed by atoms with van der Waals surface area (Å²) < 4.78 is 11.6. The molecule has 0 aliphatic rings. The predicted octanol–water partition coefficient (Wildman–Crippen LogP) is 12.3. The zero-order chi connectivity index (χ0) is 31.1. The Labute approximate surface area is 273 Å². The van der Waals surface area contributed by atoms with Gasteiger partial charge in [0, 0.05) is 41.7 Å². The molecule has 0 saturated heterocycles. The highest BCUT2D eigenvalue weighted by Crippen LogP contribution is 2.44. The molecule has 10 rings (SSSR count). The fourth-order valence-corrected chi connectivity index (χ4v) is 8.47. The lowest BCUT2D eigenvalue weighted by Crippen LogP contribution is -1.94. The van der Waals surface area contributed by atoms with Crippen molar-refractivity contribution in [3.8, 4) is 34.0 Å². The lowest BCUT2D eigenvalue weighted by atomic mass is 9.96. The van der Waals surface area contributed by atoms with Crippen LogP contribution in [0.15, 0.2) is 150 Å². The standard InChI is InChI=1S/C43H24N2OS/c44-25-29-19-20-30(28-18-22-34-33-12-5-7-16-39(33)47-40(34)24-28)41-35-13-8-15-37(43(35)46-42(29)41)45-36-14-6-4-11-31(36)32-21-17-27(23-38(32)45)26-9-2-1-3-10-26/h1-24H. The van der Waals surface area contributed by atoms with Gasteiger partial charge < -0.3 is 8.98 Å². The van der Waals surface area contributed by atoms with E-state index >= 15 is 0 Å². The highest BCUT2D eigenvalue weighted by atomic mass is 32.1. The van der Waals surface area contributed by atoms with Crippen molar-refractivity contribution in [1.82, 2.24) is 4.57 Å². The summed E-state index contributed by atoms with van der Waals surface area (Å²) in [6.07, 6.45) is 0. The van der Waals surface area contributed by atoms with Gasteiger partial charge in [0.25, 0.3) is 0 Å². The Kier molecular flexibility index (Phi) is 5.51. The Bertz CT molecular complexity index is 2920. The SMILES string of the molecule is N#Cc1ccc(-c2ccc3c(c2)sc2ccccc23)c2c1oc1c(-n3c4ccccc4c4ccc(-c5ccccc5)cc43)cccc12. The van der Waals surface area contributed by atoms with E-state index < -0.39 is 0 Å². The van der Waals surface area contributed by atoms with Gasteiger partial charge in [-0.3, -0.25) is 0 Å². The number of nitrogens with zero attached hydrogens (tertiary/aromatic N) is 2. The molecule has 0 unspecified atom stereocenters. The molecule has 3 nitrogen and oxygen atoms in total. The second-order valence-corrected chi connectivity index (χ2v) is 13.1. The van der Waals surface area contributed by atoms with E-state index in [9.17, 15) is 5.26 Å². The number of fused-ring (bicyclic) bond motifs is 9. The van der Waals surface area contributed by atoms with Crippen molar-refractivity contribution < 1.29 is 4.42 Å². The molecular formula is C43H24N2OS. The molecule has 0 bridgehead atoms. The van der Waals surface area contributed by atoms with Crippen molar-refractivity contribution in [2.24, 2.45) is 0 Å². The van der Waals surface area contributed by atoms with Gasteiger partial charge in [-0.1, -0.05) is 109 Å². The van der Waals surface area contributed by atoms with Gasteiger partial charge in [-0.25, -0.2) is 0 Å². The third-order valence-electron chi connectivity index (χ3n) is 9.46. The van der Waals surface area contributed by atoms with Crippen LogP contribution in [0.4, 0.5) is 0 Å². The minimum Gasteiger partial charge on any atom is -0.452 e. The van der Waals surface area contributed by atoms with Gasteiger partial charge in [0.15, 0.2) is 11.2 Å². The summed E-state index contributed by atoms with van der Waals surface area (Å²) in [5.41, 5.74) is 9.58. The zero-order valence-corrected chi connectivity index (χ0v) is 25.9. The number of thiophene rings is 1. The Morgan fingerprint density at radius 3 is 2.13 bits per heavy atom. The minimum absolute atomic E-state index is 0.530. The van der Waals surface area contributed by atoms with E-state index in [1.165, 1.54) is 36.5 Å². The summed E-state index contributed by atoms with van der Waals surface area (Å²) in [5, 5.41) is 17.1. The number of hydrogen-bond donors (Lipinski definition) is 0. The second-order valence-electron chi connectivity index (χ2n) is 12.0. The molecule has 0 fully saturated rings. The number of hydrogen-bond acceptors (Lipinski definition) is 3. The third-order valence-corrected chi connectivity index (χ3v) is 10.6. The first-order chi connectivity index (χ1) is 23.3. The molecule has 0 spiro atoms. The van der Waals surface area contributed by atoms with Crippen LogP contribution >= 0.6 is 11.3 Å². The van der Waals surface area contributed by atoms with Crippen LogP contribution < -0.4 is 0 Å². The molecule has 0 radical (unpaired) electrons. The molecule has 47 heavy (non-hydrogen) atoms. The summed E-state index contributed by atoms with van der Waals surface area (Å²) in [5.74, 6) is 0. The monoisotopic (exact) mass is 616 g/mol. The number of benzene rings is 7. The van der Waals surface area contributed by atoms with Crippen LogP contribution in [0.3, 0.4) is 0 Å². The second kappa shape index (κ2) is 9.92. The van der Waals surface area contributed by atoms with Crippen molar-refractivity contribution >= 4 is 75.3 Å². The smallest absolute Gasteiger partial charge is 0.159 e. The first-order valence-electron chi connectivity index (χ1n) is 15.7. The van der Waals surface area contributed by atoms with E-state index in [-0.39, 0.29) is 0 Å². The maximum atomic E-state index is 10.2. The van der Waals surface area contributed by atoms with Gasteiger partial charge >= 0.3 is 0 Å². The van der Waals surface area contributed by atoms with E-state index in [0.29, 0.717) is 11.1 Å². The van der Waals surface area contributed by atoms with Crippen LogP contribution in [-0.2, 0) is 0 Å². The fraction of sp³-hybridized carbons (Fsp3) is 0. The molecule has 0 aliphatic heterocycles. The highest BCUT2D eigenvalue weighted by molar-refractivity contribution is 7.25. The predicted molar refractivity (Wildman–Crippen MR) is 197 cm³/mol. The van der Waals surface area contributed by atoms with Gasteiger partial charge in [-0.2, -0.15) is 5.26 Å². The Morgan fingerprint density at radius 2 is 1.23 bits per heavy atom. The number of nitriles is 1. The molecule has 218 valence electrons. The summed E-state index contributed by atoms with van der Waals surface area (Å²) in [6, 6.07) is 53.7. The molecule has 7 aromatic carbocycles. The molecule has 3 heterocycles. The van der Waals surface area contributed by atoms with E-state index in [1.54, 1.807) is 0 Å². The van der Waals surface area contributed by atoms with E-state index in [0.717, 1.165) is 49.8 Å².